The molecule has 1 aliphatic rings. The number of carbonyl (C=O) groups excluding carboxylic acids is 1. The number of carbonyl (C=O) groups is 1. The number of rotatable bonds is 6. The second-order valence-electron chi connectivity index (χ2n) is 6.82. The zero-order valence-corrected chi connectivity index (χ0v) is 16.3. The standard InChI is InChI=1S/C20H22FNO5S/c1-14-2-7-18(21)19(10-14)28(25,26)17-8-9-22(11-17)20(24)13-27-16-5-3-15(12-23)4-6-16/h2-7,10,17,23H,8-9,11-13H2,1H3. The minimum absolute atomic E-state index is 0.0152. The normalized spacial score (nSPS) is 17.0. The van der Waals surface area contributed by atoms with Gasteiger partial charge in [0.05, 0.1) is 11.9 Å². The lowest BCUT2D eigenvalue weighted by atomic mass is 10.2. The number of aryl methyl sites for hydroxylation is 1. The summed E-state index contributed by atoms with van der Waals surface area (Å²) in [6.45, 7) is 1.70. The van der Waals surface area contributed by atoms with Gasteiger partial charge in [0.25, 0.3) is 5.91 Å². The molecule has 1 fully saturated rings. The van der Waals surface area contributed by atoms with Crippen LogP contribution in [-0.2, 0) is 21.2 Å². The van der Waals surface area contributed by atoms with E-state index in [1.165, 1.54) is 17.0 Å². The number of amides is 1. The van der Waals surface area contributed by atoms with E-state index in [0.29, 0.717) is 11.3 Å². The highest BCUT2D eigenvalue weighted by Gasteiger charge is 2.37. The second kappa shape index (κ2) is 8.28. The SMILES string of the molecule is Cc1ccc(F)c(S(=O)(=O)C2CCN(C(=O)COc3ccc(CO)cc3)C2)c1. The summed E-state index contributed by atoms with van der Waals surface area (Å²) in [7, 11) is -3.87. The molecular formula is C20H22FNO5S. The van der Waals surface area contributed by atoms with Gasteiger partial charge in [-0.1, -0.05) is 18.2 Å². The van der Waals surface area contributed by atoms with Gasteiger partial charge in [-0.25, -0.2) is 12.8 Å². The van der Waals surface area contributed by atoms with Gasteiger partial charge in [0.2, 0.25) is 0 Å². The summed E-state index contributed by atoms with van der Waals surface area (Å²) in [4.78, 5) is 13.5. The number of halogens is 1. The van der Waals surface area contributed by atoms with Crippen LogP contribution in [0, 0.1) is 12.7 Å². The molecule has 8 heteroatoms. The van der Waals surface area contributed by atoms with Crippen LogP contribution in [0.2, 0.25) is 0 Å². The van der Waals surface area contributed by atoms with Crippen molar-refractivity contribution in [2.24, 2.45) is 0 Å². The number of benzene rings is 2. The summed E-state index contributed by atoms with van der Waals surface area (Å²) in [5.41, 5.74) is 1.39. The number of sulfone groups is 1. The number of ether oxygens (including phenoxy) is 1. The van der Waals surface area contributed by atoms with E-state index in [-0.39, 0.29) is 43.5 Å². The molecule has 0 aliphatic carbocycles. The van der Waals surface area contributed by atoms with Gasteiger partial charge in [0.1, 0.15) is 16.5 Å². The maximum absolute atomic E-state index is 14.0. The molecule has 6 nitrogen and oxygen atoms in total. The number of aliphatic hydroxyl groups excluding tert-OH is 1. The minimum Gasteiger partial charge on any atom is -0.484 e. The first kappa shape index (κ1) is 20.3. The van der Waals surface area contributed by atoms with Crippen molar-refractivity contribution in [3.8, 4) is 5.75 Å². The fourth-order valence-corrected chi connectivity index (χ4v) is 4.98. The predicted octanol–water partition coefficient (Wildman–Crippen LogP) is 2.08. The number of nitrogens with zero attached hydrogens (tertiary/aromatic N) is 1. The molecule has 0 saturated carbocycles. The van der Waals surface area contributed by atoms with E-state index in [1.807, 2.05) is 0 Å². The first-order valence-corrected chi connectivity index (χ1v) is 10.5. The van der Waals surface area contributed by atoms with Crippen LogP contribution in [0.1, 0.15) is 17.5 Å². The Morgan fingerprint density at radius 3 is 2.64 bits per heavy atom. The summed E-state index contributed by atoms with van der Waals surface area (Å²) in [6.07, 6.45) is 0.257. The molecule has 3 rings (SSSR count). The lowest BCUT2D eigenvalue weighted by Gasteiger charge is -2.17. The highest BCUT2D eigenvalue weighted by molar-refractivity contribution is 7.92. The van der Waals surface area contributed by atoms with Crippen molar-refractivity contribution in [2.45, 2.75) is 30.1 Å². The summed E-state index contributed by atoms with van der Waals surface area (Å²) in [5, 5.41) is 8.18. The first-order chi connectivity index (χ1) is 13.3. The molecule has 1 unspecified atom stereocenters. The molecule has 1 N–H and O–H groups in total. The molecule has 150 valence electrons. The Morgan fingerprint density at radius 2 is 1.96 bits per heavy atom. The third kappa shape index (κ3) is 4.34. The van der Waals surface area contributed by atoms with Gasteiger partial charge in [-0.15, -0.1) is 0 Å². The molecule has 0 radical (unpaired) electrons. The summed E-state index contributed by atoms with van der Waals surface area (Å²) in [5.74, 6) is -0.616. The van der Waals surface area contributed by atoms with Crippen LogP contribution in [0.15, 0.2) is 47.4 Å². The van der Waals surface area contributed by atoms with E-state index >= 15 is 0 Å². The Hall–Kier alpha value is -2.45. The second-order valence-corrected chi connectivity index (χ2v) is 9.02. The van der Waals surface area contributed by atoms with Crippen LogP contribution in [0.3, 0.4) is 0 Å². The Labute approximate surface area is 163 Å². The zero-order valence-electron chi connectivity index (χ0n) is 15.5. The highest BCUT2D eigenvalue weighted by Crippen LogP contribution is 2.27. The maximum atomic E-state index is 14.0. The van der Waals surface area contributed by atoms with Crippen molar-refractivity contribution in [3.63, 3.8) is 0 Å². The Balaban J connectivity index is 1.62. The smallest absolute Gasteiger partial charge is 0.260 e. The predicted molar refractivity (Wildman–Crippen MR) is 101 cm³/mol. The topological polar surface area (TPSA) is 83.9 Å². The zero-order chi connectivity index (χ0) is 20.3. The fourth-order valence-electron chi connectivity index (χ4n) is 3.14. The number of likely N-dealkylation sites (tertiary alicyclic amines) is 1. The molecular weight excluding hydrogens is 385 g/mol. The van der Waals surface area contributed by atoms with E-state index in [2.05, 4.69) is 0 Å². The molecule has 1 aliphatic heterocycles. The largest absolute Gasteiger partial charge is 0.484 e. The van der Waals surface area contributed by atoms with Crippen LogP contribution in [0.4, 0.5) is 4.39 Å². The third-order valence-electron chi connectivity index (χ3n) is 4.80. The first-order valence-electron chi connectivity index (χ1n) is 8.91. The lowest BCUT2D eigenvalue weighted by molar-refractivity contribution is -0.132. The molecule has 0 aromatic heterocycles. The van der Waals surface area contributed by atoms with E-state index in [0.717, 1.165) is 11.6 Å². The summed E-state index contributed by atoms with van der Waals surface area (Å²) < 4.78 is 45.1. The molecule has 2 aromatic carbocycles. The number of hydrogen-bond donors (Lipinski definition) is 1. The molecule has 1 saturated heterocycles. The van der Waals surface area contributed by atoms with Crippen molar-refractivity contribution in [1.29, 1.82) is 0 Å². The number of aliphatic hydroxyl groups is 1. The summed E-state index contributed by atoms with van der Waals surface area (Å²) in [6, 6.07) is 10.7. The highest BCUT2D eigenvalue weighted by atomic mass is 32.2. The molecule has 1 atom stereocenters. The van der Waals surface area contributed by atoms with Crippen LogP contribution in [0.5, 0.6) is 5.75 Å². The van der Waals surface area contributed by atoms with E-state index < -0.39 is 20.9 Å². The molecule has 0 spiro atoms. The maximum Gasteiger partial charge on any atom is 0.260 e. The molecule has 2 aromatic rings. The van der Waals surface area contributed by atoms with Crippen LogP contribution < -0.4 is 4.74 Å². The van der Waals surface area contributed by atoms with Gasteiger partial charge in [-0.2, -0.15) is 0 Å². The Morgan fingerprint density at radius 1 is 1.25 bits per heavy atom. The van der Waals surface area contributed by atoms with Gasteiger partial charge >= 0.3 is 0 Å². The van der Waals surface area contributed by atoms with Crippen LogP contribution >= 0.6 is 0 Å². The van der Waals surface area contributed by atoms with Gasteiger partial charge in [-0.3, -0.25) is 4.79 Å². The monoisotopic (exact) mass is 407 g/mol. The van der Waals surface area contributed by atoms with Crippen molar-refractivity contribution < 1.29 is 27.4 Å². The van der Waals surface area contributed by atoms with Crippen LogP contribution in [0.25, 0.3) is 0 Å². The van der Waals surface area contributed by atoms with Crippen molar-refractivity contribution in [3.05, 3.63) is 59.4 Å². The van der Waals surface area contributed by atoms with Gasteiger partial charge in [-0.05, 0) is 48.7 Å². The summed E-state index contributed by atoms with van der Waals surface area (Å²) >= 11 is 0. The molecule has 28 heavy (non-hydrogen) atoms. The molecule has 1 heterocycles. The fraction of sp³-hybridized carbons (Fsp3) is 0.350. The van der Waals surface area contributed by atoms with Gasteiger partial charge < -0.3 is 14.7 Å². The van der Waals surface area contributed by atoms with E-state index in [9.17, 15) is 17.6 Å². The molecule has 1 amide bonds. The van der Waals surface area contributed by atoms with Crippen molar-refractivity contribution in [1.82, 2.24) is 4.90 Å². The lowest BCUT2D eigenvalue weighted by Crippen LogP contribution is -2.35. The molecule has 0 bridgehead atoms. The quantitative estimate of drug-likeness (QED) is 0.793. The van der Waals surface area contributed by atoms with Crippen LogP contribution in [-0.4, -0.2) is 49.3 Å². The van der Waals surface area contributed by atoms with Crippen molar-refractivity contribution >= 4 is 15.7 Å². The number of hydrogen-bond acceptors (Lipinski definition) is 5. The third-order valence-corrected chi connectivity index (χ3v) is 6.99. The minimum atomic E-state index is -3.87. The average Bonchev–Trinajstić information content (AvgIpc) is 3.19. The van der Waals surface area contributed by atoms with E-state index in [1.54, 1.807) is 31.2 Å². The van der Waals surface area contributed by atoms with Gasteiger partial charge in [0.15, 0.2) is 16.4 Å². The van der Waals surface area contributed by atoms with E-state index in [4.69, 9.17) is 9.84 Å². The Bertz CT molecular complexity index is 959. The van der Waals surface area contributed by atoms with Gasteiger partial charge in [0, 0.05) is 13.1 Å². The van der Waals surface area contributed by atoms with Crippen molar-refractivity contribution in [2.75, 3.05) is 19.7 Å². The Kier molecular flexibility index (Phi) is 6.00. The average molecular weight is 407 g/mol.